The Morgan fingerprint density at radius 2 is 0.500 bits per heavy atom. The van der Waals surface area contributed by atoms with Gasteiger partial charge in [0.25, 0.3) is 0 Å². The number of aliphatic hydroxyl groups is 1. The number of aliphatic hydroxyl groups excluding tert-OH is 1. The smallest absolute Gasteiger partial charge is 0.462 e. The molecule has 0 fully saturated rings. The molecule has 0 aliphatic carbocycles. The zero-order valence-electron chi connectivity index (χ0n) is 63.0. The van der Waals surface area contributed by atoms with Gasteiger partial charge in [-0.3, -0.25) is 37.3 Å². The molecule has 0 aromatic carbocycles. The Bertz CT molecular complexity index is 1890. The van der Waals surface area contributed by atoms with Crippen molar-refractivity contribution in [2.24, 2.45) is 23.7 Å². The maximum absolute atomic E-state index is 13.1. The number of carbonyl (C=O) groups excluding carboxylic acids is 4. The van der Waals surface area contributed by atoms with Crippen molar-refractivity contribution in [3.05, 3.63) is 0 Å². The van der Waals surface area contributed by atoms with Crippen molar-refractivity contribution < 1.29 is 80.2 Å². The summed E-state index contributed by atoms with van der Waals surface area (Å²) in [4.78, 5) is 72.7. The van der Waals surface area contributed by atoms with Crippen LogP contribution in [0.5, 0.6) is 0 Å². The van der Waals surface area contributed by atoms with Gasteiger partial charge in [0.05, 0.1) is 26.4 Å². The van der Waals surface area contributed by atoms with Gasteiger partial charge in [-0.2, -0.15) is 0 Å². The predicted molar refractivity (Wildman–Crippen MR) is 391 cm³/mol. The zero-order chi connectivity index (χ0) is 71.0. The molecule has 0 aliphatic heterocycles. The summed E-state index contributed by atoms with van der Waals surface area (Å²) in [5.74, 6) is 0.915. The van der Waals surface area contributed by atoms with Crippen LogP contribution in [-0.2, 0) is 65.4 Å². The molecule has 0 saturated heterocycles. The fourth-order valence-electron chi connectivity index (χ4n) is 11.7. The van der Waals surface area contributed by atoms with Crippen LogP contribution in [0.4, 0.5) is 0 Å². The number of unbranched alkanes of at least 4 members (excludes halogenated alkanes) is 39. The normalized spacial score (nSPS) is 14.4. The minimum atomic E-state index is -4.96. The van der Waals surface area contributed by atoms with E-state index in [2.05, 4.69) is 55.4 Å². The van der Waals surface area contributed by atoms with Crippen LogP contribution in [0.2, 0.25) is 0 Å². The SMILES string of the molecule is CCC(C)CCCCCCCCCCCCCCCCCCCCC(=O)OC[C@H](COP(=O)(O)OCC(O)COP(=O)(O)OC[C@@H](COC(=O)CCCCCCCCCC(C)C)OC(=O)CCCCCCCCCCCCCC(C)C)OC(=O)CCCCCCCCCC(C)C. The quantitative estimate of drug-likeness (QED) is 0.0222. The van der Waals surface area contributed by atoms with E-state index in [1.165, 1.54) is 186 Å². The lowest BCUT2D eigenvalue weighted by Crippen LogP contribution is -2.30. The molecule has 0 aromatic rings. The molecule has 96 heavy (non-hydrogen) atoms. The molecular formula is C77H150O17P2. The molecule has 6 atom stereocenters. The van der Waals surface area contributed by atoms with Crippen LogP contribution in [0.3, 0.4) is 0 Å². The van der Waals surface area contributed by atoms with E-state index < -0.39 is 97.5 Å². The molecule has 4 unspecified atom stereocenters. The summed E-state index contributed by atoms with van der Waals surface area (Å²) in [7, 11) is -9.91. The molecule has 0 saturated carbocycles. The van der Waals surface area contributed by atoms with Gasteiger partial charge in [-0.15, -0.1) is 0 Å². The Balaban J connectivity index is 5.13. The highest BCUT2D eigenvalue weighted by Crippen LogP contribution is 2.45. The van der Waals surface area contributed by atoms with Crippen molar-refractivity contribution in [1.29, 1.82) is 0 Å². The minimum Gasteiger partial charge on any atom is -0.462 e. The summed E-state index contributed by atoms with van der Waals surface area (Å²) in [6, 6.07) is 0. The number of esters is 4. The summed E-state index contributed by atoms with van der Waals surface area (Å²) in [6.07, 6.45) is 51.7. The fourth-order valence-corrected chi connectivity index (χ4v) is 13.3. The maximum atomic E-state index is 13.1. The first-order valence-electron chi connectivity index (χ1n) is 39.7. The Labute approximate surface area is 588 Å². The lowest BCUT2D eigenvalue weighted by Gasteiger charge is -2.21. The molecule has 0 heterocycles. The standard InChI is InChI=1S/C77H150O17P2/c1-9-70(8)56-48-40-32-24-20-16-14-12-10-11-13-15-17-21-25-33-41-49-57-74(79)87-63-73(94-77(82)60-52-44-36-28-31-39-47-55-69(6)7)66-92-96(85,86)90-62-71(78)61-89-95(83,84)91-65-72(64-88-75(80)58-50-42-35-27-30-38-46-54-68(4)5)93-76(81)59-51-43-34-26-22-18-19-23-29-37-45-53-67(2)3/h67-73,78H,9-66H2,1-8H3,(H,83,84)(H,85,86)/t70?,71?,72-,73-/m1/s1. The van der Waals surface area contributed by atoms with Crippen LogP contribution in [0.1, 0.15) is 389 Å². The monoisotopic (exact) mass is 1410 g/mol. The zero-order valence-corrected chi connectivity index (χ0v) is 64.8. The van der Waals surface area contributed by atoms with Crippen LogP contribution in [0.25, 0.3) is 0 Å². The van der Waals surface area contributed by atoms with E-state index in [1.54, 1.807) is 0 Å². The number of carbonyl (C=O) groups is 4. The first-order valence-corrected chi connectivity index (χ1v) is 42.7. The highest BCUT2D eigenvalue weighted by molar-refractivity contribution is 7.47. The van der Waals surface area contributed by atoms with Gasteiger partial charge < -0.3 is 33.8 Å². The third kappa shape index (κ3) is 69.2. The summed E-state index contributed by atoms with van der Waals surface area (Å²) in [5, 5.41) is 10.6. The first kappa shape index (κ1) is 94.1. The molecule has 0 rings (SSSR count). The van der Waals surface area contributed by atoms with Crippen LogP contribution in [0, 0.1) is 23.7 Å². The fraction of sp³-hybridized carbons (Fsp3) is 0.948. The van der Waals surface area contributed by atoms with Gasteiger partial charge in [-0.25, -0.2) is 9.13 Å². The number of rotatable bonds is 74. The summed E-state index contributed by atoms with van der Waals surface area (Å²) < 4.78 is 68.5. The van der Waals surface area contributed by atoms with E-state index >= 15 is 0 Å². The van der Waals surface area contributed by atoms with E-state index in [4.69, 9.17) is 37.0 Å². The Morgan fingerprint density at radius 1 is 0.292 bits per heavy atom. The number of hydrogen-bond donors (Lipinski definition) is 3. The Hall–Kier alpha value is -1.94. The molecule has 570 valence electrons. The van der Waals surface area contributed by atoms with Crippen LogP contribution in [-0.4, -0.2) is 96.7 Å². The lowest BCUT2D eigenvalue weighted by molar-refractivity contribution is -0.161. The second kappa shape index (κ2) is 66.3. The van der Waals surface area contributed by atoms with E-state index in [9.17, 15) is 43.2 Å². The van der Waals surface area contributed by atoms with Crippen molar-refractivity contribution in [3.63, 3.8) is 0 Å². The van der Waals surface area contributed by atoms with Crippen molar-refractivity contribution in [2.75, 3.05) is 39.6 Å². The van der Waals surface area contributed by atoms with Crippen molar-refractivity contribution in [1.82, 2.24) is 0 Å². The van der Waals surface area contributed by atoms with Gasteiger partial charge in [-0.1, -0.05) is 338 Å². The van der Waals surface area contributed by atoms with Crippen LogP contribution >= 0.6 is 15.6 Å². The van der Waals surface area contributed by atoms with Gasteiger partial charge in [-0.05, 0) is 49.4 Å². The van der Waals surface area contributed by atoms with Gasteiger partial charge in [0.15, 0.2) is 12.2 Å². The summed E-state index contributed by atoms with van der Waals surface area (Å²) in [5.41, 5.74) is 0. The Morgan fingerprint density at radius 3 is 0.740 bits per heavy atom. The Kier molecular flexibility index (Phi) is 65.0. The maximum Gasteiger partial charge on any atom is 0.472 e. The number of ether oxygens (including phenoxy) is 4. The van der Waals surface area contributed by atoms with Crippen molar-refractivity contribution in [3.8, 4) is 0 Å². The van der Waals surface area contributed by atoms with Crippen LogP contribution in [0.15, 0.2) is 0 Å². The topological polar surface area (TPSA) is 237 Å². The molecular weight excluding hydrogens is 1260 g/mol. The van der Waals surface area contributed by atoms with Gasteiger partial charge >= 0.3 is 39.5 Å². The summed E-state index contributed by atoms with van der Waals surface area (Å²) in [6.45, 7) is 14.2. The molecule has 3 N–H and O–H groups in total. The van der Waals surface area contributed by atoms with Gasteiger partial charge in [0.2, 0.25) is 0 Å². The van der Waals surface area contributed by atoms with Crippen LogP contribution < -0.4 is 0 Å². The molecule has 0 aromatic heterocycles. The lowest BCUT2D eigenvalue weighted by atomic mass is 9.99. The number of hydrogen-bond acceptors (Lipinski definition) is 15. The second-order valence-corrected chi connectivity index (χ2v) is 32.3. The van der Waals surface area contributed by atoms with Gasteiger partial charge in [0.1, 0.15) is 19.3 Å². The van der Waals surface area contributed by atoms with E-state index in [1.807, 2.05) is 0 Å². The highest BCUT2D eigenvalue weighted by atomic mass is 31.2. The van der Waals surface area contributed by atoms with E-state index in [0.29, 0.717) is 37.5 Å². The van der Waals surface area contributed by atoms with E-state index in [-0.39, 0.29) is 25.7 Å². The first-order chi connectivity index (χ1) is 46.1. The summed E-state index contributed by atoms with van der Waals surface area (Å²) >= 11 is 0. The molecule has 17 nitrogen and oxygen atoms in total. The van der Waals surface area contributed by atoms with E-state index in [0.717, 1.165) is 108 Å². The predicted octanol–water partition coefficient (Wildman–Crippen LogP) is 22.4. The minimum absolute atomic E-state index is 0.104. The molecule has 19 heteroatoms. The number of phosphoric ester groups is 2. The van der Waals surface area contributed by atoms with Gasteiger partial charge in [0, 0.05) is 25.7 Å². The largest absolute Gasteiger partial charge is 0.472 e. The molecule has 0 radical (unpaired) electrons. The van der Waals surface area contributed by atoms with Crippen molar-refractivity contribution >= 4 is 39.5 Å². The molecule has 0 spiro atoms. The molecule has 0 bridgehead atoms. The van der Waals surface area contributed by atoms with Crippen molar-refractivity contribution in [2.45, 2.75) is 408 Å². The third-order valence-corrected chi connectivity index (χ3v) is 20.1. The number of phosphoric acid groups is 2. The second-order valence-electron chi connectivity index (χ2n) is 29.4. The highest BCUT2D eigenvalue weighted by Gasteiger charge is 2.30. The molecule has 0 amide bonds. The third-order valence-electron chi connectivity index (χ3n) is 18.2. The molecule has 0 aliphatic rings. The average Bonchev–Trinajstić information content (AvgIpc) is 1.20. The average molecular weight is 1410 g/mol.